The van der Waals surface area contributed by atoms with Crippen LogP contribution in [-0.2, 0) is 4.79 Å². The second-order valence-electron chi connectivity index (χ2n) is 4.83. The van der Waals surface area contributed by atoms with E-state index in [-0.39, 0.29) is 18.3 Å². The third-order valence-electron chi connectivity index (χ3n) is 3.70. The van der Waals surface area contributed by atoms with Crippen molar-refractivity contribution < 1.29 is 18.7 Å². The second-order valence-corrected chi connectivity index (χ2v) is 4.83. The number of aliphatic carboxylic acids is 1. The van der Waals surface area contributed by atoms with Crippen LogP contribution >= 0.6 is 0 Å². The maximum absolute atomic E-state index is 13.0. The Morgan fingerprint density at radius 3 is 2.33 bits per heavy atom. The summed E-state index contributed by atoms with van der Waals surface area (Å²) in [5, 5.41) is 11.7. The highest BCUT2D eigenvalue weighted by Gasteiger charge is 2.48. The summed E-state index contributed by atoms with van der Waals surface area (Å²) in [6, 6.07) is -0.545. The molecular formula is C10H15F2NO2. The number of nitrogens with one attached hydrogen (secondary N) is 1. The Morgan fingerprint density at radius 1 is 1.27 bits per heavy atom. The third-order valence-corrected chi connectivity index (χ3v) is 3.70. The molecule has 0 aromatic heterocycles. The summed E-state index contributed by atoms with van der Waals surface area (Å²) >= 11 is 0. The van der Waals surface area contributed by atoms with Crippen LogP contribution in [0.4, 0.5) is 8.78 Å². The van der Waals surface area contributed by atoms with Crippen LogP contribution in [-0.4, -0.2) is 29.6 Å². The van der Waals surface area contributed by atoms with Gasteiger partial charge in [-0.3, -0.25) is 4.79 Å². The third kappa shape index (κ3) is 2.12. The standard InChI is InChI=1S/C10H15F2NO2/c11-10(12)3-1-9(2-4-10)5-7(8(14)15)13-6-9/h7,13H,1-6H2,(H,14,15)/t7-/m0/s1. The van der Waals surface area contributed by atoms with Crippen LogP contribution < -0.4 is 5.32 Å². The fourth-order valence-corrected chi connectivity index (χ4v) is 2.62. The van der Waals surface area contributed by atoms with Crippen LogP contribution in [0.2, 0.25) is 0 Å². The van der Waals surface area contributed by atoms with Crippen molar-refractivity contribution in [3.05, 3.63) is 0 Å². The molecule has 1 aliphatic carbocycles. The van der Waals surface area contributed by atoms with Gasteiger partial charge in [0.05, 0.1) is 0 Å². The molecule has 1 atom stereocenters. The van der Waals surface area contributed by atoms with E-state index < -0.39 is 17.9 Å². The monoisotopic (exact) mass is 219 g/mol. The molecule has 0 aromatic rings. The smallest absolute Gasteiger partial charge is 0.320 e. The molecule has 1 saturated heterocycles. The second kappa shape index (κ2) is 3.40. The van der Waals surface area contributed by atoms with Crippen molar-refractivity contribution >= 4 is 5.97 Å². The predicted molar refractivity (Wildman–Crippen MR) is 49.9 cm³/mol. The molecule has 0 bridgehead atoms. The number of alkyl halides is 2. The Bertz CT molecular complexity index is 271. The van der Waals surface area contributed by atoms with E-state index in [1.54, 1.807) is 0 Å². The van der Waals surface area contributed by atoms with Gasteiger partial charge in [0, 0.05) is 19.4 Å². The number of hydrogen-bond donors (Lipinski definition) is 2. The molecule has 2 aliphatic rings. The van der Waals surface area contributed by atoms with Gasteiger partial charge in [-0.15, -0.1) is 0 Å². The van der Waals surface area contributed by atoms with E-state index in [2.05, 4.69) is 5.32 Å². The molecule has 2 rings (SSSR count). The van der Waals surface area contributed by atoms with E-state index in [4.69, 9.17) is 5.11 Å². The highest BCUT2D eigenvalue weighted by atomic mass is 19.3. The minimum atomic E-state index is -2.54. The Kier molecular flexibility index (Phi) is 2.45. The van der Waals surface area contributed by atoms with Gasteiger partial charge in [0.25, 0.3) is 0 Å². The summed E-state index contributed by atoms with van der Waals surface area (Å²) in [6.07, 6.45) is 1.19. The molecule has 2 fully saturated rings. The first-order valence-corrected chi connectivity index (χ1v) is 5.27. The number of hydrogen-bond acceptors (Lipinski definition) is 2. The molecule has 0 unspecified atom stereocenters. The van der Waals surface area contributed by atoms with E-state index >= 15 is 0 Å². The van der Waals surface area contributed by atoms with Crippen molar-refractivity contribution in [1.82, 2.24) is 5.32 Å². The summed E-state index contributed by atoms with van der Waals surface area (Å²) in [4.78, 5) is 10.7. The normalized spacial score (nSPS) is 33.1. The first-order valence-electron chi connectivity index (χ1n) is 5.27. The fraction of sp³-hybridized carbons (Fsp3) is 0.900. The summed E-state index contributed by atoms with van der Waals surface area (Å²) < 4.78 is 25.9. The van der Waals surface area contributed by atoms with Crippen molar-refractivity contribution in [2.24, 2.45) is 5.41 Å². The molecular weight excluding hydrogens is 204 g/mol. The van der Waals surface area contributed by atoms with Gasteiger partial charge in [0.1, 0.15) is 6.04 Å². The van der Waals surface area contributed by atoms with Crippen LogP contribution in [0.3, 0.4) is 0 Å². The van der Waals surface area contributed by atoms with E-state index in [0.29, 0.717) is 25.8 Å². The highest BCUT2D eigenvalue weighted by Crippen LogP contribution is 2.47. The maximum atomic E-state index is 13.0. The average Bonchev–Trinajstić information content (AvgIpc) is 2.56. The van der Waals surface area contributed by atoms with Gasteiger partial charge in [0.2, 0.25) is 5.92 Å². The average molecular weight is 219 g/mol. The van der Waals surface area contributed by atoms with Crippen LogP contribution in [0.15, 0.2) is 0 Å². The lowest BCUT2D eigenvalue weighted by molar-refractivity contribution is -0.139. The van der Waals surface area contributed by atoms with Crippen molar-refractivity contribution in [3.8, 4) is 0 Å². The van der Waals surface area contributed by atoms with Gasteiger partial charge >= 0.3 is 5.97 Å². The lowest BCUT2D eigenvalue weighted by Gasteiger charge is -2.36. The summed E-state index contributed by atoms with van der Waals surface area (Å²) in [5.41, 5.74) is -0.190. The molecule has 1 heterocycles. The Morgan fingerprint density at radius 2 is 1.87 bits per heavy atom. The van der Waals surface area contributed by atoms with Crippen LogP contribution in [0.5, 0.6) is 0 Å². The maximum Gasteiger partial charge on any atom is 0.320 e. The SMILES string of the molecule is O=C(O)[C@@H]1CC2(CCC(F)(F)CC2)CN1. The van der Waals surface area contributed by atoms with E-state index in [9.17, 15) is 13.6 Å². The van der Waals surface area contributed by atoms with Crippen LogP contribution in [0, 0.1) is 5.41 Å². The van der Waals surface area contributed by atoms with E-state index in [1.165, 1.54) is 0 Å². The van der Waals surface area contributed by atoms with Gasteiger partial charge in [0.15, 0.2) is 0 Å². The molecule has 3 nitrogen and oxygen atoms in total. The highest BCUT2D eigenvalue weighted by molar-refractivity contribution is 5.74. The largest absolute Gasteiger partial charge is 0.480 e. The topological polar surface area (TPSA) is 49.3 Å². The van der Waals surface area contributed by atoms with Crippen molar-refractivity contribution in [2.45, 2.75) is 44.1 Å². The number of carboxylic acid groups (broad SMARTS) is 1. The molecule has 1 spiro atoms. The molecule has 0 amide bonds. The molecule has 86 valence electrons. The lowest BCUT2D eigenvalue weighted by atomic mass is 9.71. The molecule has 0 radical (unpaired) electrons. The molecule has 2 N–H and O–H groups in total. The Hall–Kier alpha value is -0.710. The first-order chi connectivity index (χ1) is 6.93. The molecule has 0 aromatic carbocycles. The summed E-state index contributed by atoms with van der Waals surface area (Å²) in [6.45, 7) is 0.569. The first kappa shape index (κ1) is 10.8. The minimum Gasteiger partial charge on any atom is -0.480 e. The van der Waals surface area contributed by atoms with Crippen molar-refractivity contribution in [1.29, 1.82) is 0 Å². The fourth-order valence-electron chi connectivity index (χ4n) is 2.62. The van der Waals surface area contributed by atoms with E-state index in [0.717, 1.165) is 0 Å². The van der Waals surface area contributed by atoms with Crippen molar-refractivity contribution in [2.75, 3.05) is 6.54 Å². The quantitative estimate of drug-likeness (QED) is 0.704. The molecule has 1 saturated carbocycles. The number of halogens is 2. The van der Waals surface area contributed by atoms with Crippen molar-refractivity contribution in [3.63, 3.8) is 0 Å². The number of carboxylic acids is 1. The molecule has 15 heavy (non-hydrogen) atoms. The number of carbonyl (C=O) groups is 1. The zero-order valence-corrected chi connectivity index (χ0v) is 8.43. The Balaban J connectivity index is 1.98. The lowest BCUT2D eigenvalue weighted by Crippen LogP contribution is -2.34. The van der Waals surface area contributed by atoms with E-state index in [1.807, 2.05) is 0 Å². The minimum absolute atomic E-state index is 0.0962. The van der Waals surface area contributed by atoms with Gasteiger partial charge in [-0.25, -0.2) is 8.78 Å². The Labute approximate surface area is 86.8 Å². The van der Waals surface area contributed by atoms with Gasteiger partial charge < -0.3 is 10.4 Å². The molecule has 1 aliphatic heterocycles. The van der Waals surface area contributed by atoms with Crippen LogP contribution in [0.1, 0.15) is 32.1 Å². The zero-order chi connectivity index (χ0) is 11.1. The van der Waals surface area contributed by atoms with Gasteiger partial charge in [-0.05, 0) is 24.7 Å². The summed E-state index contributed by atoms with van der Waals surface area (Å²) in [7, 11) is 0. The van der Waals surface area contributed by atoms with Gasteiger partial charge in [-0.1, -0.05) is 0 Å². The van der Waals surface area contributed by atoms with Crippen LogP contribution in [0.25, 0.3) is 0 Å². The summed E-state index contributed by atoms with van der Waals surface area (Å²) in [5.74, 6) is -3.41. The predicted octanol–water partition coefficient (Wildman–Crippen LogP) is 1.63. The zero-order valence-electron chi connectivity index (χ0n) is 8.43. The van der Waals surface area contributed by atoms with Gasteiger partial charge in [-0.2, -0.15) is 0 Å². The molecule has 5 heteroatoms. The number of rotatable bonds is 1.